The van der Waals surface area contributed by atoms with E-state index in [-0.39, 0.29) is 12.2 Å². The average Bonchev–Trinajstić information content (AvgIpc) is 2.35. The van der Waals surface area contributed by atoms with E-state index in [4.69, 9.17) is 0 Å². The molecular formula is C11H14F3N3O3. The molecule has 1 heterocycles. The van der Waals surface area contributed by atoms with E-state index in [0.29, 0.717) is 25.1 Å². The number of alkyl halides is 3. The van der Waals surface area contributed by atoms with Crippen LogP contribution < -0.4 is 5.32 Å². The second-order valence-electron chi connectivity index (χ2n) is 4.16. The first-order chi connectivity index (χ1) is 9.25. The number of pyridine rings is 1. The van der Waals surface area contributed by atoms with Crippen molar-refractivity contribution >= 4 is 11.4 Å². The Hall–Kier alpha value is -1.90. The molecule has 1 rings (SSSR count). The Morgan fingerprint density at radius 1 is 1.55 bits per heavy atom. The van der Waals surface area contributed by atoms with Crippen molar-refractivity contribution in [3.63, 3.8) is 0 Å². The maximum absolute atomic E-state index is 12.5. The van der Waals surface area contributed by atoms with Gasteiger partial charge in [0.1, 0.15) is 17.6 Å². The Bertz CT molecular complexity index is 480. The highest BCUT2D eigenvalue weighted by Crippen LogP contribution is 2.32. The molecule has 1 aromatic rings. The Balaban J connectivity index is 2.98. The van der Waals surface area contributed by atoms with Gasteiger partial charge in [0.2, 0.25) is 0 Å². The Morgan fingerprint density at radius 3 is 2.70 bits per heavy atom. The maximum Gasteiger partial charge on any atom is 0.433 e. The first-order valence-electron chi connectivity index (χ1n) is 5.89. The number of rotatable bonds is 6. The van der Waals surface area contributed by atoms with E-state index in [1.165, 1.54) is 0 Å². The third-order valence-corrected chi connectivity index (χ3v) is 2.52. The third kappa shape index (κ3) is 4.34. The average molecular weight is 293 g/mol. The fourth-order valence-electron chi connectivity index (χ4n) is 1.55. The molecule has 1 atom stereocenters. The fraction of sp³-hybridized carbons (Fsp3) is 0.545. The van der Waals surface area contributed by atoms with Crippen molar-refractivity contribution in [3.8, 4) is 0 Å². The lowest BCUT2D eigenvalue weighted by Gasteiger charge is -2.13. The van der Waals surface area contributed by atoms with Crippen molar-refractivity contribution in [2.24, 2.45) is 0 Å². The number of aliphatic hydroxyl groups is 1. The monoisotopic (exact) mass is 293 g/mol. The SMILES string of the molecule is CCCC(O)CNc1cc(C(F)(F)F)ncc1[N+](=O)[O-]. The predicted octanol–water partition coefficient (Wildman–Crippen LogP) is 2.58. The van der Waals surface area contributed by atoms with Gasteiger partial charge in [-0.3, -0.25) is 10.1 Å². The maximum atomic E-state index is 12.5. The molecule has 0 aliphatic rings. The molecule has 0 aliphatic heterocycles. The number of hydrogen-bond donors (Lipinski definition) is 2. The van der Waals surface area contributed by atoms with Gasteiger partial charge in [0, 0.05) is 6.54 Å². The van der Waals surface area contributed by atoms with E-state index < -0.39 is 28.6 Å². The van der Waals surface area contributed by atoms with E-state index >= 15 is 0 Å². The van der Waals surface area contributed by atoms with Crippen LogP contribution in [0.4, 0.5) is 24.5 Å². The van der Waals surface area contributed by atoms with Crippen LogP contribution in [0.1, 0.15) is 25.5 Å². The van der Waals surface area contributed by atoms with Crippen molar-refractivity contribution in [2.45, 2.75) is 32.0 Å². The van der Waals surface area contributed by atoms with Crippen LogP contribution >= 0.6 is 0 Å². The second kappa shape index (κ2) is 6.51. The molecule has 0 bridgehead atoms. The van der Waals surface area contributed by atoms with E-state index in [1.54, 1.807) is 0 Å². The number of halogens is 3. The van der Waals surface area contributed by atoms with Gasteiger partial charge < -0.3 is 10.4 Å². The van der Waals surface area contributed by atoms with Crippen LogP contribution in [-0.4, -0.2) is 27.7 Å². The van der Waals surface area contributed by atoms with Crippen molar-refractivity contribution in [1.82, 2.24) is 4.98 Å². The zero-order valence-corrected chi connectivity index (χ0v) is 10.6. The summed E-state index contributed by atoms with van der Waals surface area (Å²) < 4.78 is 37.5. The molecule has 6 nitrogen and oxygen atoms in total. The lowest BCUT2D eigenvalue weighted by molar-refractivity contribution is -0.384. The first kappa shape index (κ1) is 16.2. The topological polar surface area (TPSA) is 88.3 Å². The van der Waals surface area contributed by atoms with Gasteiger partial charge in [0.25, 0.3) is 0 Å². The summed E-state index contributed by atoms with van der Waals surface area (Å²) in [5.74, 6) is 0. The standard InChI is InChI=1S/C11H14F3N3O3/c1-2-3-7(18)5-15-8-4-10(11(12,13)14)16-6-9(8)17(19)20/h4,6-7,18H,2-3,5H2,1H3,(H,15,16). The van der Waals surface area contributed by atoms with Gasteiger partial charge in [-0.15, -0.1) is 0 Å². The smallest absolute Gasteiger partial charge is 0.391 e. The second-order valence-corrected chi connectivity index (χ2v) is 4.16. The minimum Gasteiger partial charge on any atom is -0.391 e. The molecule has 0 fully saturated rings. The molecule has 0 spiro atoms. The molecule has 2 N–H and O–H groups in total. The van der Waals surface area contributed by atoms with Gasteiger partial charge in [0.05, 0.1) is 11.0 Å². The third-order valence-electron chi connectivity index (χ3n) is 2.52. The summed E-state index contributed by atoms with van der Waals surface area (Å²) in [7, 11) is 0. The highest BCUT2D eigenvalue weighted by molar-refractivity contribution is 5.61. The van der Waals surface area contributed by atoms with Gasteiger partial charge in [0.15, 0.2) is 0 Å². The zero-order chi connectivity index (χ0) is 15.3. The molecule has 0 radical (unpaired) electrons. The highest BCUT2D eigenvalue weighted by atomic mass is 19.4. The minimum absolute atomic E-state index is 0.0734. The summed E-state index contributed by atoms with van der Waals surface area (Å²) in [6.45, 7) is 1.76. The number of nitrogens with one attached hydrogen (secondary N) is 1. The zero-order valence-electron chi connectivity index (χ0n) is 10.6. The predicted molar refractivity (Wildman–Crippen MR) is 65.3 cm³/mol. The van der Waals surface area contributed by atoms with Crippen LogP contribution in [-0.2, 0) is 6.18 Å². The van der Waals surface area contributed by atoms with Gasteiger partial charge >= 0.3 is 11.9 Å². The van der Waals surface area contributed by atoms with Gasteiger partial charge in [-0.2, -0.15) is 13.2 Å². The molecular weight excluding hydrogens is 279 g/mol. The van der Waals surface area contributed by atoms with Crippen LogP contribution in [0.3, 0.4) is 0 Å². The van der Waals surface area contributed by atoms with Gasteiger partial charge in [-0.05, 0) is 12.5 Å². The van der Waals surface area contributed by atoms with E-state index in [1.807, 2.05) is 6.92 Å². The van der Waals surface area contributed by atoms with Crippen LogP contribution in [0.15, 0.2) is 12.3 Å². The number of hydrogen-bond acceptors (Lipinski definition) is 5. The molecule has 1 unspecified atom stereocenters. The van der Waals surface area contributed by atoms with Crippen molar-refractivity contribution in [1.29, 1.82) is 0 Å². The summed E-state index contributed by atoms with van der Waals surface area (Å²) in [5, 5.41) is 22.7. The Labute approximate surface area is 112 Å². The minimum atomic E-state index is -4.69. The molecule has 0 aliphatic carbocycles. The number of aromatic nitrogens is 1. The molecule has 0 saturated heterocycles. The Kier molecular flexibility index (Phi) is 5.26. The summed E-state index contributed by atoms with van der Waals surface area (Å²) in [5.41, 5.74) is -2.11. The molecule has 0 saturated carbocycles. The van der Waals surface area contributed by atoms with Crippen LogP contribution in [0.25, 0.3) is 0 Å². The van der Waals surface area contributed by atoms with Crippen LogP contribution in [0.5, 0.6) is 0 Å². The molecule has 0 amide bonds. The van der Waals surface area contributed by atoms with Crippen molar-refractivity contribution in [2.75, 3.05) is 11.9 Å². The number of anilines is 1. The normalized spacial score (nSPS) is 13.1. The van der Waals surface area contributed by atoms with Crippen LogP contribution in [0, 0.1) is 10.1 Å². The lowest BCUT2D eigenvalue weighted by atomic mass is 10.2. The number of aliphatic hydroxyl groups excluding tert-OH is 1. The molecule has 112 valence electrons. The van der Waals surface area contributed by atoms with E-state index in [0.717, 1.165) is 0 Å². The van der Waals surface area contributed by atoms with Gasteiger partial charge in [-0.25, -0.2) is 4.98 Å². The number of nitrogens with zero attached hydrogens (tertiary/aromatic N) is 2. The Morgan fingerprint density at radius 2 is 2.20 bits per heavy atom. The van der Waals surface area contributed by atoms with Crippen LogP contribution in [0.2, 0.25) is 0 Å². The molecule has 1 aromatic heterocycles. The number of nitro groups is 1. The quantitative estimate of drug-likeness (QED) is 0.621. The van der Waals surface area contributed by atoms with E-state index in [9.17, 15) is 28.4 Å². The van der Waals surface area contributed by atoms with Gasteiger partial charge in [-0.1, -0.05) is 13.3 Å². The van der Waals surface area contributed by atoms with Crippen molar-refractivity contribution < 1.29 is 23.2 Å². The summed E-state index contributed by atoms with van der Waals surface area (Å²) >= 11 is 0. The lowest BCUT2D eigenvalue weighted by Crippen LogP contribution is -2.20. The highest BCUT2D eigenvalue weighted by Gasteiger charge is 2.34. The summed E-state index contributed by atoms with van der Waals surface area (Å²) in [6.07, 6.45) is -3.79. The first-order valence-corrected chi connectivity index (χ1v) is 5.89. The molecule has 0 aromatic carbocycles. The fourth-order valence-corrected chi connectivity index (χ4v) is 1.55. The summed E-state index contributed by atoms with van der Waals surface area (Å²) in [6, 6.07) is 0.566. The molecule has 9 heteroatoms. The summed E-state index contributed by atoms with van der Waals surface area (Å²) in [4.78, 5) is 12.9. The largest absolute Gasteiger partial charge is 0.433 e. The molecule has 20 heavy (non-hydrogen) atoms. The van der Waals surface area contributed by atoms with E-state index in [2.05, 4.69) is 10.3 Å². The van der Waals surface area contributed by atoms with Crippen molar-refractivity contribution in [3.05, 3.63) is 28.1 Å².